The Hall–Kier alpha value is -3.35. The fourth-order valence-corrected chi connectivity index (χ4v) is 3.74. The number of amides is 1. The molecule has 0 aliphatic carbocycles. The average molecular weight is 392 g/mol. The number of benzene rings is 2. The number of hydrogen-bond acceptors (Lipinski definition) is 5. The van der Waals surface area contributed by atoms with E-state index in [1.54, 1.807) is 35.9 Å². The fraction of sp³-hybridized carbons (Fsp3) is 0.318. The Bertz CT molecular complexity index is 1080. The van der Waals surface area contributed by atoms with Crippen molar-refractivity contribution < 1.29 is 9.53 Å². The summed E-state index contributed by atoms with van der Waals surface area (Å²) < 4.78 is 6.90. The van der Waals surface area contributed by atoms with Crippen molar-refractivity contribution in [2.75, 3.05) is 38.2 Å². The normalized spacial score (nSPS) is 14.3. The highest BCUT2D eigenvalue weighted by atomic mass is 16.5. The van der Waals surface area contributed by atoms with Crippen molar-refractivity contribution in [1.29, 1.82) is 0 Å². The van der Waals surface area contributed by atoms with Crippen molar-refractivity contribution in [3.8, 4) is 5.75 Å². The van der Waals surface area contributed by atoms with Crippen LogP contribution in [0.4, 0.5) is 5.82 Å². The van der Waals surface area contributed by atoms with Crippen LogP contribution in [0.1, 0.15) is 17.3 Å². The second kappa shape index (κ2) is 7.95. The lowest BCUT2D eigenvalue weighted by Crippen LogP contribution is -2.50. The zero-order valence-corrected chi connectivity index (χ0v) is 16.7. The van der Waals surface area contributed by atoms with Crippen LogP contribution in [0.5, 0.6) is 5.75 Å². The largest absolute Gasteiger partial charge is 0.497 e. The molecule has 1 aliphatic heterocycles. The average Bonchev–Trinajstić information content (AvgIpc) is 2.78. The molecule has 29 heavy (non-hydrogen) atoms. The third-order valence-electron chi connectivity index (χ3n) is 5.35. The van der Waals surface area contributed by atoms with Gasteiger partial charge in [0.25, 0.3) is 11.5 Å². The zero-order chi connectivity index (χ0) is 20.4. The van der Waals surface area contributed by atoms with E-state index in [1.807, 2.05) is 41.0 Å². The number of fused-ring (bicyclic) bond motifs is 1. The van der Waals surface area contributed by atoms with Crippen molar-refractivity contribution in [2.24, 2.45) is 0 Å². The SMILES string of the molecule is CCn1c(=O)c(N2CCN(C(=O)c3ccc(OC)cc3)CC2)nc2ccccc21. The molecule has 0 unspecified atom stereocenters. The number of carbonyl (C=O) groups is 1. The van der Waals surface area contributed by atoms with Crippen molar-refractivity contribution in [1.82, 2.24) is 14.5 Å². The number of piperazine rings is 1. The maximum atomic E-state index is 13.0. The second-order valence-electron chi connectivity index (χ2n) is 6.98. The molecule has 2 aromatic carbocycles. The van der Waals surface area contributed by atoms with Crippen LogP contribution in [0.25, 0.3) is 11.0 Å². The van der Waals surface area contributed by atoms with Crippen molar-refractivity contribution in [3.63, 3.8) is 0 Å². The van der Waals surface area contributed by atoms with Crippen LogP contribution >= 0.6 is 0 Å². The molecule has 3 aromatic rings. The number of para-hydroxylation sites is 2. The molecule has 150 valence electrons. The van der Waals surface area contributed by atoms with Gasteiger partial charge in [0.05, 0.1) is 18.1 Å². The van der Waals surface area contributed by atoms with E-state index in [1.165, 1.54) is 0 Å². The summed E-state index contributed by atoms with van der Waals surface area (Å²) in [4.78, 5) is 34.2. The van der Waals surface area contributed by atoms with E-state index in [4.69, 9.17) is 4.74 Å². The van der Waals surface area contributed by atoms with Gasteiger partial charge in [0, 0.05) is 38.3 Å². The van der Waals surface area contributed by atoms with Crippen LogP contribution in [-0.4, -0.2) is 53.6 Å². The molecule has 2 heterocycles. The van der Waals surface area contributed by atoms with Gasteiger partial charge in [-0.25, -0.2) is 4.98 Å². The molecule has 0 N–H and O–H groups in total. The molecule has 7 heteroatoms. The molecule has 1 fully saturated rings. The minimum absolute atomic E-state index is 0.00950. The lowest BCUT2D eigenvalue weighted by molar-refractivity contribution is 0.0746. The second-order valence-corrected chi connectivity index (χ2v) is 6.98. The van der Waals surface area contributed by atoms with Gasteiger partial charge >= 0.3 is 0 Å². The third kappa shape index (κ3) is 3.55. The minimum atomic E-state index is -0.0823. The standard InChI is InChI=1S/C22H24N4O3/c1-3-26-19-7-5-4-6-18(19)23-20(22(26)28)24-12-14-25(15-13-24)21(27)16-8-10-17(29-2)11-9-16/h4-11H,3,12-15H2,1-2H3. The first-order chi connectivity index (χ1) is 14.1. The van der Waals surface area contributed by atoms with Gasteiger partial charge in [0.15, 0.2) is 5.82 Å². The number of aryl methyl sites for hydroxylation is 1. The molecule has 1 aromatic heterocycles. The van der Waals surface area contributed by atoms with E-state index in [0.717, 1.165) is 16.8 Å². The highest BCUT2D eigenvalue weighted by Gasteiger charge is 2.25. The Morgan fingerprint density at radius 2 is 1.72 bits per heavy atom. The predicted octanol–water partition coefficient (Wildman–Crippen LogP) is 2.39. The molecule has 0 saturated carbocycles. The summed E-state index contributed by atoms with van der Waals surface area (Å²) in [5.74, 6) is 1.17. The van der Waals surface area contributed by atoms with E-state index < -0.39 is 0 Å². The van der Waals surface area contributed by atoms with Gasteiger partial charge in [0.2, 0.25) is 0 Å². The Morgan fingerprint density at radius 1 is 1.03 bits per heavy atom. The maximum absolute atomic E-state index is 13.0. The number of anilines is 1. The molecule has 1 saturated heterocycles. The molecule has 0 atom stereocenters. The zero-order valence-electron chi connectivity index (χ0n) is 16.7. The number of rotatable bonds is 4. The highest BCUT2D eigenvalue weighted by Crippen LogP contribution is 2.18. The van der Waals surface area contributed by atoms with E-state index in [9.17, 15) is 9.59 Å². The highest BCUT2D eigenvalue weighted by molar-refractivity contribution is 5.94. The van der Waals surface area contributed by atoms with Crippen molar-refractivity contribution in [2.45, 2.75) is 13.5 Å². The Morgan fingerprint density at radius 3 is 2.38 bits per heavy atom. The van der Waals surface area contributed by atoms with Crippen LogP contribution in [0.2, 0.25) is 0 Å². The first-order valence-electron chi connectivity index (χ1n) is 9.80. The monoisotopic (exact) mass is 392 g/mol. The fourth-order valence-electron chi connectivity index (χ4n) is 3.74. The van der Waals surface area contributed by atoms with Crippen molar-refractivity contribution >= 4 is 22.8 Å². The summed E-state index contributed by atoms with van der Waals surface area (Å²) in [5.41, 5.74) is 2.20. The third-order valence-corrected chi connectivity index (χ3v) is 5.35. The van der Waals surface area contributed by atoms with E-state index in [-0.39, 0.29) is 11.5 Å². The summed E-state index contributed by atoms with van der Waals surface area (Å²) in [6, 6.07) is 14.8. The van der Waals surface area contributed by atoms with Gasteiger partial charge in [-0.05, 0) is 43.3 Å². The van der Waals surface area contributed by atoms with Gasteiger partial charge in [-0.2, -0.15) is 0 Å². The molecule has 0 radical (unpaired) electrons. The van der Waals surface area contributed by atoms with Crippen LogP contribution < -0.4 is 15.2 Å². The summed E-state index contributed by atoms with van der Waals surface area (Å²) in [5, 5.41) is 0. The van der Waals surface area contributed by atoms with Crippen LogP contribution in [-0.2, 0) is 6.54 Å². The molecule has 0 bridgehead atoms. The number of methoxy groups -OCH3 is 1. The Labute approximate surface area is 169 Å². The summed E-state index contributed by atoms with van der Waals surface area (Å²) in [6.07, 6.45) is 0. The van der Waals surface area contributed by atoms with E-state index in [2.05, 4.69) is 4.98 Å². The van der Waals surface area contributed by atoms with Crippen LogP contribution in [0.3, 0.4) is 0 Å². The molecule has 0 spiro atoms. The van der Waals surface area contributed by atoms with Crippen molar-refractivity contribution in [3.05, 3.63) is 64.4 Å². The summed E-state index contributed by atoms with van der Waals surface area (Å²) in [7, 11) is 1.60. The number of ether oxygens (including phenoxy) is 1. The number of carbonyl (C=O) groups excluding carboxylic acids is 1. The van der Waals surface area contributed by atoms with E-state index >= 15 is 0 Å². The van der Waals surface area contributed by atoms with Gasteiger partial charge in [-0.3, -0.25) is 9.59 Å². The lowest BCUT2D eigenvalue weighted by Gasteiger charge is -2.35. The van der Waals surface area contributed by atoms with Crippen LogP contribution in [0.15, 0.2) is 53.3 Å². The number of aromatic nitrogens is 2. The van der Waals surface area contributed by atoms with Crippen LogP contribution in [0, 0.1) is 0 Å². The molecule has 1 aliphatic rings. The van der Waals surface area contributed by atoms with Gasteiger partial charge in [0.1, 0.15) is 5.75 Å². The smallest absolute Gasteiger partial charge is 0.293 e. The lowest BCUT2D eigenvalue weighted by atomic mass is 10.1. The van der Waals surface area contributed by atoms with Gasteiger partial charge in [-0.15, -0.1) is 0 Å². The first kappa shape index (κ1) is 19.0. The molecule has 4 rings (SSSR count). The summed E-state index contributed by atoms with van der Waals surface area (Å²) in [6.45, 7) is 4.79. The minimum Gasteiger partial charge on any atom is -0.497 e. The topological polar surface area (TPSA) is 67.7 Å². The quantitative estimate of drug-likeness (QED) is 0.682. The van der Waals surface area contributed by atoms with E-state index in [0.29, 0.717) is 44.1 Å². The number of hydrogen-bond donors (Lipinski definition) is 0. The predicted molar refractivity (Wildman–Crippen MR) is 113 cm³/mol. The number of nitrogens with zero attached hydrogens (tertiary/aromatic N) is 4. The maximum Gasteiger partial charge on any atom is 0.293 e. The summed E-state index contributed by atoms with van der Waals surface area (Å²) >= 11 is 0. The first-order valence-corrected chi connectivity index (χ1v) is 9.80. The molecule has 1 amide bonds. The molecular formula is C22H24N4O3. The van der Waals surface area contributed by atoms with Gasteiger partial charge < -0.3 is 19.1 Å². The Balaban J connectivity index is 1.53. The van der Waals surface area contributed by atoms with Gasteiger partial charge in [-0.1, -0.05) is 12.1 Å². The Kier molecular flexibility index (Phi) is 5.20. The molecule has 7 nitrogen and oxygen atoms in total. The molecular weight excluding hydrogens is 368 g/mol.